The van der Waals surface area contributed by atoms with Gasteiger partial charge >= 0.3 is 6.18 Å². The lowest BCUT2D eigenvalue weighted by molar-refractivity contribution is -0.153. The first kappa shape index (κ1) is 20.0. The van der Waals surface area contributed by atoms with Crippen molar-refractivity contribution in [2.24, 2.45) is 5.92 Å². The second-order valence-electron chi connectivity index (χ2n) is 6.30. The third-order valence-electron chi connectivity index (χ3n) is 4.14. The maximum Gasteiger partial charge on any atom is 0.422 e. The fourth-order valence-corrected chi connectivity index (χ4v) is 2.95. The fraction of sp³-hybridized carbons (Fsp3) is 0.263. The Balaban J connectivity index is 1.62. The van der Waals surface area contributed by atoms with Gasteiger partial charge in [-0.3, -0.25) is 9.59 Å². The second-order valence-corrected chi connectivity index (χ2v) is 6.74. The first-order valence-electron chi connectivity index (χ1n) is 8.38. The quantitative estimate of drug-likeness (QED) is 0.797. The molecule has 0 aliphatic carbocycles. The lowest BCUT2D eigenvalue weighted by atomic mass is 10.1. The van der Waals surface area contributed by atoms with Gasteiger partial charge in [0.05, 0.1) is 5.92 Å². The maximum atomic E-state index is 12.5. The SMILES string of the molecule is O=C(Nc1cccc(OCC(F)(F)F)c1)C1CC(=O)N(c2ccc(Cl)cc2)C1. The molecule has 0 bridgehead atoms. The van der Waals surface area contributed by atoms with E-state index in [1.807, 2.05) is 0 Å². The molecule has 0 radical (unpaired) electrons. The molecular weight excluding hydrogens is 397 g/mol. The molecule has 1 fully saturated rings. The number of carbonyl (C=O) groups is 2. The van der Waals surface area contributed by atoms with Gasteiger partial charge in [-0.15, -0.1) is 0 Å². The third kappa shape index (κ3) is 5.16. The summed E-state index contributed by atoms with van der Waals surface area (Å²) in [7, 11) is 0. The highest BCUT2D eigenvalue weighted by atomic mass is 35.5. The summed E-state index contributed by atoms with van der Waals surface area (Å²) < 4.78 is 41.4. The summed E-state index contributed by atoms with van der Waals surface area (Å²) in [6, 6.07) is 12.4. The van der Waals surface area contributed by atoms with Gasteiger partial charge in [0.1, 0.15) is 5.75 Å². The van der Waals surface area contributed by atoms with E-state index in [4.69, 9.17) is 11.6 Å². The molecule has 2 amide bonds. The Bertz CT molecular complexity index is 871. The van der Waals surface area contributed by atoms with E-state index in [1.54, 1.807) is 24.3 Å². The van der Waals surface area contributed by atoms with Crippen LogP contribution in [0.2, 0.25) is 5.02 Å². The Morgan fingerprint density at radius 3 is 2.61 bits per heavy atom. The van der Waals surface area contributed by atoms with Crippen LogP contribution < -0.4 is 15.0 Å². The Hall–Kier alpha value is -2.74. The number of benzene rings is 2. The number of nitrogens with zero attached hydrogens (tertiary/aromatic N) is 1. The van der Waals surface area contributed by atoms with Crippen molar-refractivity contribution >= 4 is 34.8 Å². The summed E-state index contributed by atoms with van der Waals surface area (Å²) in [6.07, 6.45) is -4.41. The van der Waals surface area contributed by atoms with Gasteiger partial charge in [-0.05, 0) is 36.4 Å². The molecule has 1 atom stereocenters. The summed E-state index contributed by atoms with van der Waals surface area (Å²) in [4.78, 5) is 26.2. The van der Waals surface area contributed by atoms with Gasteiger partial charge in [0.2, 0.25) is 11.8 Å². The highest BCUT2D eigenvalue weighted by molar-refractivity contribution is 6.30. The molecule has 0 spiro atoms. The Morgan fingerprint density at radius 1 is 1.21 bits per heavy atom. The number of anilines is 2. The molecule has 1 aliphatic heterocycles. The molecule has 1 N–H and O–H groups in total. The predicted molar refractivity (Wildman–Crippen MR) is 98.5 cm³/mol. The molecule has 2 aromatic rings. The first-order valence-corrected chi connectivity index (χ1v) is 8.75. The minimum absolute atomic E-state index is 0.0135. The number of ether oxygens (including phenoxy) is 1. The normalized spacial score (nSPS) is 16.9. The van der Waals surface area contributed by atoms with Crippen molar-refractivity contribution in [1.29, 1.82) is 0 Å². The van der Waals surface area contributed by atoms with E-state index in [2.05, 4.69) is 10.1 Å². The van der Waals surface area contributed by atoms with Gasteiger partial charge in [-0.1, -0.05) is 17.7 Å². The molecule has 2 aromatic carbocycles. The van der Waals surface area contributed by atoms with E-state index < -0.39 is 24.6 Å². The van der Waals surface area contributed by atoms with Crippen molar-refractivity contribution in [2.45, 2.75) is 12.6 Å². The molecule has 1 aliphatic rings. The molecule has 148 valence electrons. The van der Waals surface area contributed by atoms with E-state index >= 15 is 0 Å². The maximum absolute atomic E-state index is 12.5. The van der Waals surface area contributed by atoms with Gasteiger partial charge < -0.3 is 15.0 Å². The monoisotopic (exact) mass is 412 g/mol. The lowest BCUT2D eigenvalue weighted by Crippen LogP contribution is -2.28. The molecular formula is C19H16ClF3N2O3. The van der Waals surface area contributed by atoms with Gasteiger partial charge in [-0.2, -0.15) is 13.2 Å². The Labute approximate surface area is 164 Å². The molecule has 5 nitrogen and oxygen atoms in total. The van der Waals surface area contributed by atoms with Crippen LogP contribution in [0.4, 0.5) is 24.5 Å². The molecule has 28 heavy (non-hydrogen) atoms. The van der Waals surface area contributed by atoms with E-state index in [-0.39, 0.29) is 24.6 Å². The number of carbonyl (C=O) groups excluding carboxylic acids is 2. The van der Waals surface area contributed by atoms with E-state index in [9.17, 15) is 22.8 Å². The summed E-state index contributed by atoms with van der Waals surface area (Å²) >= 11 is 5.84. The van der Waals surface area contributed by atoms with Crippen LogP contribution in [-0.2, 0) is 9.59 Å². The smallest absolute Gasteiger partial charge is 0.422 e. The average molecular weight is 413 g/mol. The van der Waals surface area contributed by atoms with Crippen molar-refractivity contribution < 1.29 is 27.5 Å². The standard InChI is InChI=1S/C19H16ClF3N2O3/c20-13-4-6-15(7-5-13)25-10-12(8-17(25)26)18(27)24-14-2-1-3-16(9-14)28-11-19(21,22)23/h1-7,9,12H,8,10-11H2,(H,24,27). The summed E-state index contributed by atoms with van der Waals surface area (Å²) in [5, 5.41) is 3.16. The van der Waals surface area contributed by atoms with Crippen LogP contribution in [0.25, 0.3) is 0 Å². The van der Waals surface area contributed by atoms with Crippen molar-refractivity contribution in [3.8, 4) is 5.75 Å². The summed E-state index contributed by atoms with van der Waals surface area (Å²) in [5.41, 5.74) is 0.939. The van der Waals surface area contributed by atoms with Crippen molar-refractivity contribution in [2.75, 3.05) is 23.4 Å². The van der Waals surface area contributed by atoms with E-state index in [0.29, 0.717) is 16.4 Å². The Morgan fingerprint density at radius 2 is 1.93 bits per heavy atom. The van der Waals surface area contributed by atoms with Crippen LogP contribution in [0, 0.1) is 5.92 Å². The van der Waals surface area contributed by atoms with Gasteiger partial charge in [0.25, 0.3) is 0 Å². The second kappa shape index (κ2) is 8.10. The number of hydrogen-bond acceptors (Lipinski definition) is 3. The number of halogens is 4. The topological polar surface area (TPSA) is 58.6 Å². The van der Waals surface area contributed by atoms with Gasteiger partial charge in [0.15, 0.2) is 6.61 Å². The van der Waals surface area contributed by atoms with Gasteiger partial charge in [-0.25, -0.2) is 0 Å². The minimum Gasteiger partial charge on any atom is -0.484 e. The van der Waals surface area contributed by atoms with E-state index in [0.717, 1.165) is 0 Å². The number of amides is 2. The van der Waals surface area contributed by atoms with E-state index in [1.165, 1.54) is 29.2 Å². The first-order chi connectivity index (χ1) is 13.2. The fourth-order valence-electron chi connectivity index (χ4n) is 2.83. The average Bonchev–Trinajstić information content (AvgIpc) is 3.02. The molecule has 1 saturated heterocycles. The molecule has 0 saturated carbocycles. The zero-order chi connectivity index (χ0) is 20.3. The zero-order valence-corrected chi connectivity index (χ0v) is 15.3. The van der Waals surface area contributed by atoms with Crippen LogP contribution in [0.15, 0.2) is 48.5 Å². The van der Waals surface area contributed by atoms with Crippen LogP contribution in [0.3, 0.4) is 0 Å². The third-order valence-corrected chi connectivity index (χ3v) is 4.39. The number of nitrogens with one attached hydrogen (secondary N) is 1. The van der Waals surface area contributed by atoms with Crippen LogP contribution in [0.1, 0.15) is 6.42 Å². The molecule has 9 heteroatoms. The molecule has 3 rings (SSSR count). The van der Waals surface area contributed by atoms with Crippen LogP contribution in [-0.4, -0.2) is 31.1 Å². The van der Waals surface area contributed by atoms with Gasteiger partial charge in [0, 0.05) is 35.4 Å². The Kier molecular flexibility index (Phi) is 5.79. The highest BCUT2D eigenvalue weighted by Gasteiger charge is 2.35. The molecule has 0 aromatic heterocycles. The van der Waals surface area contributed by atoms with Crippen molar-refractivity contribution in [3.05, 3.63) is 53.6 Å². The highest BCUT2D eigenvalue weighted by Crippen LogP contribution is 2.28. The largest absolute Gasteiger partial charge is 0.484 e. The van der Waals surface area contributed by atoms with Crippen molar-refractivity contribution in [1.82, 2.24) is 0 Å². The minimum atomic E-state index is -4.45. The predicted octanol–water partition coefficient (Wildman–Crippen LogP) is 4.27. The lowest BCUT2D eigenvalue weighted by Gasteiger charge is -2.17. The zero-order valence-electron chi connectivity index (χ0n) is 14.5. The molecule has 1 unspecified atom stereocenters. The summed E-state index contributed by atoms with van der Waals surface area (Å²) in [5.74, 6) is -1.18. The number of rotatable bonds is 5. The number of alkyl halides is 3. The van der Waals surface area contributed by atoms with Crippen LogP contribution >= 0.6 is 11.6 Å². The summed E-state index contributed by atoms with van der Waals surface area (Å²) in [6.45, 7) is -1.21. The van der Waals surface area contributed by atoms with Crippen molar-refractivity contribution in [3.63, 3.8) is 0 Å². The van der Waals surface area contributed by atoms with Crippen LogP contribution in [0.5, 0.6) is 5.75 Å². The number of hydrogen-bond donors (Lipinski definition) is 1. The molecule has 1 heterocycles.